The highest BCUT2D eigenvalue weighted by molar-refractivity contribution is 7.87. The predicted molar refractivity (Wildman–Crippen MR) is 91.8 cm³/mol. The van der Waals surface area contributed by atoms with Crippen LogP contribution in [0.25, 0.3) is 0 Å². The second kappa shape index (κ2) is 7.04. The molecule has 0 aliphatic carbocycles. The van der Waals surface area contributed by atoms with Crippen molar-refractivity contribution in [3.63, 3.8) is 0 Å². The number of nitrogens with zero attached hydrogens (tertiary/aromatic N) is 3. The lowest BCUT2D eigenvalue weighted by Gasteiger charge is -2.23. The number of nitrogens with one attached hydrogen (secondary N) is 1. The molecule has 3 rings (SSSR count). The molecular weight excluding hydrogens is 368 g/mol. The lowest BCUT2D eigenvalue weighted by atomic mass is 9.94. The van der Waals surface area contributed by atoms with Gasteiger partial charge in [-0.05, 0) is 38.1 Å². The van der Waals surface area contributed by atoms with Crippen LogP contribution in [0.15, 0.2) is 23.8 Å². The van der Waals surface area contributed by atoms with E-state index in [4.69, 9.17) is 5.11 Å². The molecule has 0 atom stereocenters. The van der Waals surface area contributed by atoms with Crippen LogP contribution in [0.1, 0.15) is 34.9 Å². The Kier molecular flexibility index (Phi) is 4.99. The number of carbonyl (C=O) groups is 1. The van der Waals surface area contributed by atoms with Crippen molar-refractivity contribution in [1.82, 2.24) is 15.3 Å². The van der Waals surface area contributed by atoms with E-state index >= 15 is 0 Å². The highest BCUT2D eigenvalue weighted by atomic mass is 32.2. The molecule has 0 unspecified atom stereocenters. The zero-order valence-electron chi connectivity index (χ0n) is 13.0. The second-order valence-electron chi connectivity index (χ2n) is 5.52. The van der Waals surface area contributed by atoms with Crippen LogP contribution in [0, 0.1) is 0 Å². The summed E-state index contributed by atoms with van der Waals surface area (Å²) in [7, 11) is -4.74. The minimum Gasteiger partial charge on any atom is -0.476 e. The van der Waals surface area contributed by atoms with Gasteiger partial charge in [0.15, 0.2) is 5.69 Å². The van der Waals surface area contributed by atoms with Gasteiger partial charge in [0.2, 0.25) is 0 Å². The van der Waals surface area contributed by atoms with Gasteiger partial charge in [0, 0.05) is 11.6 Å². The Labute approximate surface area is 148 Å². The smallest absolute Gasteiger partial charge is 0.365 e. The molecule has 25 heavy (non-hydrogen) atoms. The van der Waals surface area contributed by atoms with E-state index in [-0.39, 0.29) is 16.6 Å². The van der Waals surface area contributed by atoms with Crippen molar-refractivity contribution in [3.05, 3.63) is 35.2 Å². The molecular formula is C14H16N4O5S2. The summed E-state index contributed by atoms with van der Waals surface area (Å²) in [5, 5.41) is 12.2. The van der Waals surface area contributed by atoms with Crippen LogP contribution in [0.5, 0.6) is 0 Å². The van der Waals surface area contributed by atoms with Gasteiger partial charge in [-0.15, -0.1) is 11.3 Å². The molecule has 1 saturated heterocycles. The summed E-state index contributed by atoms with van der Waals surface area (Å²) in [6.45, 7) is 1.79. The molecule has 0 amide bonds. The van der Waals surface area contributed by atoms with Gasteiger partial charge >= 0.3 is 16.3 Å². The van der Waals surface area contributed by atoms with Crippen LogP contribution in [0.2, 0.25) is 0 Å². The van der Waals surface area contributed by atoms with Crippen LogP contribution in [-0.2, 0) is 10.3 Å². The maximum atomic E-state index is 11.8. The van der Waals surface area contributed by atoms with Gasteiger partial charge in [0.1, 0.15) is 5.00 Å². The van der Waals surface area contributed by atoms with Crippen molar-refractivity contribution < 1.29 is 22.9 Å². The molecule has 1 aliphatic heterocycles. The average molecular weight is 384 g/mol. The fourth-order valence-electron chi connectivity index (χ4n) is 2.76. The molecule has 2 aromatic heterocycles. The third-order valence-corrected chi connectivity index (χ3v) is 5.71. The number of pyridine rings is 1. The van der Waals surface area contributed by atoms with E-state index in [1.807, 2.05) is 0 Å². The molecule has 11 heteroatoms. The molecule has 3 N–H and O–H groups in total. The highest BCUT2D eigenvalue weighted by Gasteiger charge is 2.29. The third kappa shape index (κ3) is 3.79. The maximum absolute atomic E-state index is 11.8. The Morgan fingerprint density at radius 2 is 2.00 bits per heavy atom. The first-order chi connectivity index (χ1) is 11.9. The van der Waals surface area contributed by atoms with Crippen molar-refractivity contribution in [2.24, 2.45) is 0 Å². The summed E-state index contributed by atoms with van der Waals surface area (Å²) in [5.74, 6) is -1.10. The van der Waals surface area contributed by atoms with Crippen LogP contribution in [-0.4, -0.2) is 47.1 Å². The summed E-state index contributed by atoms with van der Waals surface area (Å²) in [6, 6.07) is 3.20. The highest BCUT2D eigenvalue weighted by Crippen LogP contribution is 2.35. The quantitative estimate of drug-likeness (QED) is 0.663. The Hall–Kier alpha value is -2.08. The zero-order valence-corrected chi connectivity index (χ0v) is 14.6. The minimum atomic E-state index is -4.74. The molecule has 1 fully saturated rings. The number of aromatic nitrogens is 2. The van der Waals surface area contributed by atoms with Crippen LogP contribution in [0.4, 0.5) is 10.7 Å². The monoisotopic (exact) mass is 384 g/mol. The van der Waals surface area contributed by atoms with E-state index in [2.05, 4.69) is 15.3 Å². The van der Waals surface area contributed by atoms with Gasteiger partial charge in [-0.1, -0.05) is 0 Å². The fraction of sp³-hybridized carbons (Fsp3) is 0.357. The first kappa shape index (κ1) is 17.7. The topological polar surface area (TPSA) is 133 Å². The SMILES string of the molecule is O=C(O)c1ncsc1N(c1ccc(C2CCNCC2)nc1)S(=O)(=O)O. The summed E-state index contributed by atoms with van der Waals surface area (Å²) in [4.78, 5) is 19.2. The number of aromatic carboxylic acids is 1. The number of thiazole rings is 1. The molecule has 0 bridgehead atoms. The van der Waals surface area contributed by atoms with Crippen molar-refractivity contribution in [1.29, 1.82) is 0 Å². The van der Waals surface area contributed by atoms with E-state index in [9.17, 15) is 17.8 Å². The van der Waals surface area contributed by atoms with Crippen LogP contribution >= 0.6 is 11.3 Å². The lowest BCUT2D eigenvalue weighted by molar-refractivity contribution is 0.0692. The Balaban J connectivity index is 1.97. The van der Waals surface area contributed by atoms with Gasteiger partial charge in [-0.25, -0.2) is 14.1 Å². The third-order valence-electron chi connectivity index (χ3n) is 3.93. The zero-order chi connectivity index (χ0) is 18.0. The number of carboxylic acids is 1. The summed E-state index contributed by atoms with van der Waals surface area (Å²) in [6.07, 6.45) is 3.19. The lowest BCUT2D eigenvalue weighted by Crippen LogP contribution is -2.28. The number of rotatable bonds is 5. The second-order valence-corrected chi connectivity index (χ2v) is 7.61. The number of carboxylic acid groups (broad SMARTS) is 1. The van der Waals surface area contributed by atoms with Crippen molar-refractivity contribution in [2.75, 3.05) is 17.4 Å². The van der Waals surface area contributed by atoms with E-state index in [0.717, 1.165) is 43.0 Å². The first-order valence-electron chi connectivity index (χ1n) is 7.49. The van der Waals surface area contributed by atoms with Gasteiger partial charge in [0.25, 0.3) is 0 Å². The standard InChI is InChI=1S/C14H16N4O5S2/c19-14(20)12-13(24-8-17-12)18(25(21,22)23)10-1-2-11(16-7-10)9-3-5-15-6-4-9/h1-2,7-9,15H,3-6H2,(H,19,20)(H,21,22,23). The van der Waals surface area contributed by atoms with Gasteiger partial charge < -0.3 is 10.4 Å². The summed E-state index contributed by atoms with van der Waals surface area (Å²) in [5.41, 5.74) is 1.63. The fourth-order valence-corrected chi connectivity index (χ4v) is 4.56. The van der Waals surface area contributed by atoms with Gasteiger partial charge in [-0.2, -0.15) is 8.42 Å². The van der Waals surface area contributed by atoms with Gasteiger partial charge in [-0.3, -0.25) is 9.54 Å². The van der Waals surface area contributed by atoms with E-state index in [1.165, 1.54) is 17.8 Å². The minimum absolute atomic E-state index is 0.0481. The molecule has 0 aromatic carbocycles. The average Bonchev–Trinajstić information content (AvgIpc) is 3.04. The normalized spacial score (nSPS) is 15.9. The predicted octanol–water partition coefficient (Wildman–Crippen LogP) is 1.64. The number of hydrogen-bond acceptors (Lipinski definition) is 7. The summed E-state index contributed by atoms with van der Waals surface area (Å²) < 4.78 is 33.8. The van der Waals surface area contributed by atoms with Crippen molar-refractivity contribution in [3.8, 4) is 0 Å². The van der Waals surface area contributed by atoms with Crippen molar-refractivity contribution in [2.45, 2.75) is 18.8 Å². The van der Waals surface area contributed by atoms with Crippen molar-refractivity contribution >= 4 is 38.3 Å². The van der Waals surface area contributed by atoms with Crippen LogP contribution in [0.3, 0.4) is 0 Å². The molecule has 0 saturated carbocycles. The molecule has 0 spiro atoms. The van der Waals surface area contributed by atoms with Gasteiger partial charge in [0.05, 0.1) is 17.4 Å². The molecule has 9 nitrogen and oxygen atoms in total. The largest absolute Gasteiger partial charge is 0.476 e. The number of anilines is 2. The molecule has 0 radical (unpaired) electrons. The molecule has 3 heterocycles. The Bertz CT molecular complexity index is 860. The maximum Gasteiger partial charge on any atom is 0.365 e. The molecule has 2 aromatic rings. The van der Waals surface area contributed by atoms with Crippen LogP contribution < -0.4 is 9.62 Å². The van der Waals surface area contributed by atoms with E-state index in [0.29, 0.717) is 4.31 Å². The number of piperidine rings is 1. The van der Waals surface area contributed by atoms with E-state index in [1.54, 1.807) is 6.07 Å². The Morgan fingerprint density at radius 3 is 2.56 bits per heavy atom. The first-order valence-corrected chi connectivity index (χ1v) is 9.77. The number of hydrogen-bond donors (Lipinski definition) is 3. The Morgan fingerprint density at radius 1 is 1.28 bits per heavy atom. The summed E-state index contributed by atoms with van der Waals surface area (Å²) >= 11 is 0.799. The van der Waals surface area contributed by atoms with E-state index < -0.39 is 22.0 Å². The molecule has 1 aliphatic rings. The molecule has 134 valence electrons.